The van der Waals surface area contributed by atoms with E-state index in [2.05, 4.69) is 19.2 Å². The number of ether oxygens (including phenoxy) is 6. The Morgan fingerprint density at radius 3 is 1.61 bits per heavy atom. The van der Waals surface area contributed by atoms with Gasteiger partial charge in [0.2, 0.25) is 5.91 Å². The third kappa shape index (κ3) is 26.3. The zero-order valence-electron chi connectivity index (χ0n) is 47.7. The van der Waals surface area contributed by atoms with Crippen molar-refractivity contribution in [3.63, 3.8) is 0 Å². The molecule has 423 valence electrons. The summed E-state index contributed by atoms with van der Waals surface area (Å²) >= 11 is 0. The molecule has 1 aliphatic heterocycles. The van der Waals surface area contributed by atoms with Crippen LogP contribution >= 0.6 is 0 Å². The number of hydrogen-bond donors (Lipinski definition) is 2. The first-order valence-electron chi connectivity index (χ1n) is 29.2. The third-order valence-electron chi connectivity index (χ3n) is 13.9. The summed E-state index contributed by atoms with van der Waals surface area (Å²) in [6.45, 7) is 14.8. The lowest BCUT2D eigenvalue weighted by atomic mass is 9.97. The van der Waals surface area contributed by atoms with Crippen LogP contribution in [-0.4, -0.2) is 98.5 Å². The molecule has 13 heteroatoms. The smallest absolute Gasteiger partial charge is 0.338 e. The minimum Gasteiger partial charge on any atom is -0.457 e. The molecule has 3 rings (SSSR count). The molecule has 2 aromatic carbocycles. The summed E-state index contributed by atoms with van der Waals surface area (Å²) in [4.78, 5) is 54.7. The second-order valence-electron chi connectivity index (χ2n) is 22.0. The largest absolute Gasteiger partial charge is 0.457 e. The Labute approximate surface area is 455 Å². The molecule has 7 atom stereocenters. The maximum atomic E-state index is 14.1. The van der Waals surface area contributed by atoms with E-state index in [9.17, 15) is 24.3 Å². The molecule has 1 saturated heterocycles. The van der Waals surface area contributed by atoms with Gasteiger partial charge in [0.15, 0.2) is 17.6 Å². The second kappa shape index (κ2) is 37.8. The molecule has 0 bridgehead atoms. The highest BCUT2D eigenvalue weighted by molar-refractivity contribution is 6.59. The van der Waals surface area contributed by atoms with Gasteiger partial charge in [-0.05, 0) is 70.4 Å². The van der Waals surface area contributed by atoms with Crippen molar-refractivity contribution in [3.05, 3.63) is 83.9 Å². The van der Waals surface area contributed by atoms with Crippen LogP contribution in [0.2, 0.25) is 13.1 Å². The number of amides is 1. The molecule has 1 amide bonds. The molecule has 0 aliphatic carbocycles. The van der Waals surface area contributed by atoms with E-state index in [0.29, 0.717) is 12.0 Å². The molecular formula is C62H100NO11Si. The predicted octanol–water partition coefficient (Wildman–Crippen LogP) is 14.2. The van der Waals surface area contributed by atoms with Crippen LogP contribution in [0.1, 0.15) is 229 Å². The third-order valence-corrected chi connectivity index (χ3v) is 15.9. The highest BCUT2D eigenvalue weighted by atomic mass is 28.3. The van der Waals surface area contributed by atoms with Gasteiger partial charge >= 0.3 is 17.9 Å². The van der Waals surface area contributed by atoms with Gasteiger partial charge in [-0.2, -0.15) is 0 Å². The number of carbonyl (C=O) groups excluding carboxylic acids is 4. The van der Waals surface area contributed by atoms with Crippen LogP contribution in [0.4, 0.5) is 0 Å². The number of rotatable bonds is 40. The topological polar surface area (TPSA) is 156 Å². The van der Waals surface area contributed by atoms with Crippen molar-refractivity contribution in [2.24, 2.45) is 0 Å². The fourth-order valence-corrected chi connectivity index (χ4v) is 11.1. The molecule has 1 heterocycles. The molecule has 2 N–H and O–H groups in total. The number of carbonyl (C=O) groups is 4. The van der Waals surface area contributed by atoms with E-state index in [1.807, 2.05) is 52.1 Å². The van der Waals surface area contributed by atoms with Crippen LogP contribution in [0, 0.1) is 0 Å². The Morgan fingerprint density at radius 2 is 1.15 bits per heavy atom. The molecule has 1 fully saturated rings. The number of hydrogen-bond acceptors (Lipinski definition) is 11. The fraction of sp³-hybridized carbons (Fsp3) is 0.710. The summed E-state index contributed by atoms with van der Waals surface area (Å²) in [5, 5.41) is 15.5. The first kappa shape index (κ1) is 65.4. The van der Waals surface area contributed by atoms with Gasteiger partial charge < -0.3 is 38.8 Å². The average Bonchev–Trinajstić information content (AvgIpc) is 3.38. The lowest BCUT2D eigenvalue weighted by Crippen LogP contribution is -2.72. The van der Waals surface area contributed by atoms with Crippen LogP contribution in [0.3, 0.4) is 0 Å². The van der Waals surface area contributed by atoms with E-state index in [1.165, 1.54) is 116 Å². The van der Waals surface area contributed by atoms with Crippen molar-refractivity contribution in [1.82, 2.24) is 5.32 Å². The fourth-order valence-electron chi connectivity index (χ4n) is 9.53. The summed E-state index contributed by atoms with van der Waals surface area (Å²) in [6.07, 6.45) is 27.3. The van der Waals surface area contributed by atoms with E-state index in [4.69, 9.17) is 28.4 Å². The maximum absolute atomic E-state index is 14.1. The van der Waals surface area contributed by atoms with Crippen molar-refractivity contribution in [1.29, 1.82) is 0 Å². The van der Waals surface area contributed by atoms with Crippen LogP contribution in [-0.2, 0) is 38.0 Å². The maximum Gasteiger partial charge on any atom is 0.338 e. The summed E-state index contributed by atoms with van der Waals surface area (Å²) in [5.74, 6) is -2.20. The van der Waals surface area contributed by atoms with Gasteiger partial charge in [0, 0.05) is 13.3 Å². The number of benzene rings is 2. The van der Waals surface area contributed by atoms with Gasteiger partial charge in [0.25, 0.3) is 0 Å². The lowest BCUT2D eigenvalue weighted by molar-refractivity contribution is -0.333. The molecule has 12 nitrogen and oxygen atoms in total. The standard InChI is InChI=1S/C62H100NO11Si/c1-9-11-13-15-17-19-21-23-25-27-29-31-39-45-53(72-59(67)50-41-35-33-36-42-50)52(63-55(65)46-40-32-30-28-26-24-22-20-18-16-14-12-10-2)47-70-62(75(7)8)58(73-60(68)51-43-37-34-38-44-51)56(66)57(71-49(3)64)54(74-62)48-69-61(4,5)6/h33-39,41-45,52-54,56-58,66H,9-32,40,46-48H2,1-8H3,(H,63,65)/b45-39+/t52-,53+,54+,56-,57-,58+,62+/m0/s1. The van der Waals surface area contributed by atoms with E-state index >= 15 is 0 Å². The van der Waals surface area contributed by atoms with Crippen LogP contribution in [0.5, 0.6) is 0 Å². The van der Waals surface area contributed by atoms with Gasteiger partial charge in [-0.15, -0.1) is 0 Å². The Balaban J connectivity index is 1.94. The number of aliphatic hydroxyl groups is 1. The minimum atomic E-state index is -1.94. The van der Waals surface area contributed by atoms with Crippen LogP contribution < -0.4 is 5.32 Å². The van der Waals surface area contributed by atoms with E-state index < -0.39 is 74.3 Å². The highest BCUT2D eigenvalue weighted by Crippen LogP contribution is 2.38. The molecule has 1 aliphatic rings. The molecule has 0 unspecified atom stereocenters. The van der Waals surface area contributed by atoms with Crippen molar-refractivity contribution in [3.8, 4) is 0 Å². The Bertz CT molecular complexity index is 1870. The molecule has 0 saturated carbocycles. The number of unbranched alkanes of at least 4 members (excludes halogenated alkanes) is 23. The summed E-state index contributed by atoms with van der Waals surface area (Å²) < 4.78 is 38.4. The number of nitrogens with one attached hydrogen (secondary N) is 1. The summed E-state index contributed by atoms with van der Waals surface area (Å²) in [6, 6.07) is 16.2. The van der Waals surface area contributed by atoms with Gasteiger partial charge in [-0.1, -0.05) is 211 Å². The number of aliphatic hydroxyl groups excluding tert-OH is 1. The quantitative estimate of drug-likeness (QED) is 0.0215. The predicted molar refractivity (Wildman–Crippen MR) is 302 cm³/mol. The minimum absolute atomic E-state index is 0.101. The van der Waals surface area contributed by atoms with E-state index in [1.54, 1.807) is 54.6 Å². The summed E-state index contributed by atoms with van der Waals surface area (Å²) in [5.41, 5.74) is -1.86. The van der Waals surface area contributed by atoms with Gasteiger partial charge in [-0.25, -0.2) is 9.59 Å². The molecule has 75 heavy (non-hydrogen) atoms. The summed E-state index contributed by atoms with van der Waals surface area (Å²) in [7, 11) is -1.94. The van der Waals surface area contributed by atoms with Crippen LogP contribution in [0.15, 0.2) is 72.8 Å². The average molecular weight is 1060 g/mol. The molecule has 0 spiro atoms. The SMILES string of the molecule is CCCCCCCCCCCCC/C=C/[C@@H](OC(=O)c1ccccc1)[C@H](CO[C@@]1([Si](C)C)O[C@H](COC(C)(C)C)[C@H](OC(C)=O)[C@H](O)[C@H]1OC(=O)c1ccccc1)NC(=O)CCCCCCCCCCCCCCC. The van der Waals surface area contributed by atoms with Gasteiger partial charge in [0.05, 0.1) is 36.0 Å². The Kier molecular flexibility index (Phi) is 33.0. The lowest BCUT2D eigenvalue weighted by Gasteiger charge is -2.52. The van der Waals surface area contributed by atoms with Crippen molar-refractivity contribution in [2.75, 3.05) is 13.2 Å². The van der Waals surface area contributed by atoms with Crippen molar-refractivity contribution in [2.45, 2.75) is 269 Å². The highest BCUT2D eigenvalue weighted by Gasteiger charge is 2.61. The number of allylic oxidation sites excluding steroid dienone is 1. The van der Waals surface area contributed by atoms with Crippen molar-refractivity contribution >= 4 is 32.6 Å². The first-order valence-corrected chi connectivity index (χ1v) is 31.7. The van der Waals surface area contributed by atoms with Crippen molar-refractivity contribution < 1.29 is 52.7 Å². The Morgan fingerprint density at radius 1 is 0.680 bits per heavy atom. The van der Waals surface area contributed by atoms with Gasteiger partial charge in [-0.3, -0.25) is 9.59 Å². The van der Waals surface area contributed by atoms with E-state index in [0.717, 1.165) is 44.9 Å². The monoisotopic (exact) mass is 1060 g/mol. The normalized spacial score (nSPS) is 19.7. The van der Waals surface area contributed by atoms with Crippen LogP contribution in [0.25, 0.3) is 0 Å². The molecule has 0 aromatic heterocycles. The molecular weight excluding hydrogens is 963 g/mol. The second-order valence-corrected chi connectivity index (χ2v) is 24.7. The first-order chi connectivity index (χ1) is 36.1. The number of esters is 3. The Hall–Kier alpha value is -3.88. The zero-order valence-corrected chi connectivity index (χ0v) is 48.7. The molecule has 1 radical (unpaired) electrons. The van der Waals surface area contributed by atoms with Gasteiger partial charge in [0.1, 0.15) is 27.1 Å². The zero-order chi connectivity index (χ0) is 54.7. The molecule has 2 aromatic rings. The van der Waals surface area contributed by atoms with E-state index in [-0.39, 0.29) is 31.1 Å².